The first-order valence-corrected chi connectivity index (χ1v) is 6.41. The zero-order valence-electron chi connectivity index (χ0n) is 11.5. The van der Waals surface area contributed by atoms with Gasteiger partial charge in [0.05, 0.1) is 33.6 Å². The monoisotopic (exact) mass is 281 g/mol. The Morgan fingerprint density at radius 2 is 1.79 bits per heavy atom. The van der Waals surface area contributed by atoms with Crippen molar-refractivity contribution in [3.8, 4) is 5.75 Å². The van der Waals surface area contributed by atoms with Crippen molar-refractivity contribution < 1.29 is 9.30 Å². The molecule has 0 N–H and O–H groups in total. The van der Waals surface area contributed by atoms with Crippen molar-refractivity contribution in [1.29, 1.82) is 0 Å². The highest BCUT2D eigenvalue weighted by atomic mass is 35.5. The summed E-state index contributed by atoms with van der Waals surface area (Å²) in [7, 11) is 5.51. The lowest BCUT2D eigenvalue weighted by Crippen LogP contribution is -2.25. The van der Waals surface area contributed by atoms with E-state index in [4.69, 9.17) is 4.74 Å². The highest BCUT2D eigenvalue weighted by Gasteiger charge is 2.09. The number of imidazole rings is 1. The van der Waals surface area contributed by atoms with Gasteiger partial charge in [-0.15, -0.1) is 11.6 Å². The minimum Gasteiger partial charge on any atom is -0.497 e. The second-order valence-electron chi connectivity index (χ2n) is 3.72. The van der Waals surface area contributed by atoms with Crippen LogP contribution in [0.1, 0.15) is 0 Å². The first-order chi connectivity index (χ1) is 9.20. The fourth-order valence-corrected chi connectivity index (χ4v) is 1.47. The number of hydrogen-bond donors (Lipinski definition) is 0. The quantitative estimate of drug-likeness (QED) is 0.484. The van der Waals surface area contributed by atoms with Crippen molar-refractivity contribution in [3.63, 3.8) is 0 Å². The molecule has 0 aliphatic rings. The standard InChI is InChI=1S/C12H15N4O.CH3Cl/c1-15-8-9-16(2)12(15)14-13-10-4-6-11(17-3)7-5-10;1-2/h4-9H,1-3H3;1H3/q+1;. The number of aryl methyl sites for hydroxylation is 2. The SMILES string of the molecule is CCl.COc1ccc(N=Nc2n(C)cc[n+]2C)cc1. The predicted molar refractivity (Wildman–Crippen MR) is 75.5 cm³/mol. The second kappa shape index (κ2) is 7.53. The molecule has 5 nitrogen and oxygen atoms in total. The molecule has 0 atom stereocenters. The van der Waals surface area contributed by atoms with Crippen LogP contribution in [-0.2, 0) is 14.1 Å². The Labute approximate surface area is 118 Å². The van der Waals surface area contributed by atoms with Crippen LogP contribution in [0.3, 0.4) is 0 Å². The number of hydrogen-bond acceptors (Lipinski definition) is 3. The van der Waals surface area contributed by atoms with Crippen LogP contribution in [0.25, 0.3) is 0 Å². The van der Waals surface area contributed by atoms with Crippen molar-refractivity contribution in [3.05, 3.63) is 36.7 Å². The first kappa shape index (κ1) is 15.2. The molecule has 0 aliphatic carbocycles. The third-order valence-corrected chi connectivity index (χ3v) is 2.47. The van der Waals surface area contributed by atoms with Crippen molar-refractivity contribution >= 4 is 23.2 Å². The Hall–Kier alpha value is -1.88. The van der Waals surface area contributed by atoms with Crippen LogP contribution in [0.5, 0.6) is 5.75 Å². The lowest BCUT2D eigenvalue weighted by molar-refractivity contribution is -0.657. The topological polar surface area (TPSA) is 42.8 Å². The zero-order chi connectivity index (χ0) is 14.3. The molecule has 19 heavy (non-hydrogen) atoms. The zero-order valence-corrected chi connectivity index (χ0v) is 12.3. The van der Waals surface area contributed by atoms with Gasteiger partial charge in [0.25, 0.3) is 0 Å². The van der Waals surface area contributed by atoms with Gasteiger partial charge in [-0.05, 0) is 24.3 Å². The molecule has 0 saturated heterocycles. The predicted octanol–water partition coefficient (Wildman–Crippen LogP) is 3.13. The first-order valence-electron chi connectivity index (χ1n) is 5.65. The van der Waals surface area contributed by atoms with Crippen molar-refractivity contribution in [2.75, 3.05) is 13.5 Å². The van der Waals surface area contributed by atoms with Crippen LogP contribution >= 0.6 is 11.6 Å². The highest BCUT2D eigenvalue weighted by Crippen LogP contribution is 2.19. The third kappa shape index (κ3) is 4.06. The van der Waals surface area contributed by atoms with Gasteiger partial charge in [0.15, 0.2) is 0 Å². The van der Waals surface area contributed by atoms with Gasteiger partial charge in [0, 0.05) is 11.5 Å². The summed E-state index contributed by atoms with van der Waals surface area (Å²) in [5, 5.41) is 8.37. The molecule has 0 aliphatic heterocycles. The molecular weight excluding hydrogens is 264 g/mol. The number of azo groups is 1. The van der Waals surface area contributed by atoms with Gasteiger partial charge in [-0.2, -0.15) is 0 Å². The van der Waals surface area contributed by atoms with Crippen LogP contribution in [0, 0.1) is 0 Å². The smallest absolute Gasteiger partial charge is 0.421 e. The van der Waals surface area contributed by atoms with Crippen LogP contribution < -0.4 is 9.30 Å². The molecule has 0 bridgehead atoms. The van der Waals surface area contributed by atoms with E-state index in [1.807, 2.05) is 59.9 Å². The summed E-state index contributed by atoms with van der Waals surface area (Å²) in [5.74, 6) is 1.61. The van der Waals surface area contributed by atoms with E-state index in [0.29, 0.717) is 0 Å². The summed E-state index contributed by atoms with van der Waals surface area (Å²) in [6.45, 7) is 0. The largest absolute Gasteiger partial charge is 0.497 e. The minimum atomic E-state index is 0.792. The number of methoxy groups -OCH3 is 1. The van der Waals surface area contributed by atoms with Gasteiger partial charge in [0.1, 0.15) is 11.4 Å². The summed E-state index contributed by atoms with van der Waals surface area (Å²) < 4.78 is 8.90. The molecule has 2 rings (SSSR count). The van der Waals surface area contributed by atoms with E-state index < -0.39 is 0 Å². The van der Waals surface area contributed by atoms with Crippen LogP contribution in [-0.4, -0.2) is 18.1 Å². The van der Waals surface area contributed by atoms with E-state index in [2.05, 4.69) is 21.8 Å². The van der Waals surface area contributed by atoms with Crippen molar-refractivity contribution in [2.24, 2.45) is 24.3 Å². The Morgan fingerprint density at radius 3 is 2.26 bits per heavy atom. The molecule has 1 heterocycles. The van der Waals surface area contributed by atoms with E-state index >= 15 is 0 Å². The Morgan fingerprint density at radius 1 is 1.16 bits per heavy atom. The summed E-state index contributed by atoms with van der Waals surface area (Å²) in [4.78, 5) is 0. The molecule has 0 amide bonds. The molecule has 0 fully saturated rings. The molecule has 2 aromatic rings. The Balaban J connectivity index is 0.000000861. The maximum Gasteiger partial charge on any atom is 0.421 e. The van der Waals surface area contributed by atoms with E-state index in [9.17, 15) is 0 Å². The summed E-state index contributed by atoms with van der Waals surface area (Å²) in [5.41, 5.74) is 0.798. The van der Waals surface area contributed by atoms with Gasteiger partial charge >= 0.3 is 5.95 Å². The van der Waals surface area contributed by atoms with Gasteiger partial charge in [-0.25, -0.2) is 9.13 Å². The Bertz CT molecular complexity index is 515. The van der Waals surface area contributed by atoms with E-state index in [-0.39, 0.29) is 0 Å². The van der Waals surface area contributed by atoms with Crippen LogP contribution in [0.15, 0.2) is 46.9 Å². The minimum absolute atomic E-state index is 0.792. The highest BCUT2D eigenvalue weighted by molar-refractivity contribution is 6.15. The fourth-order valence-electron chi connectivity index (χ4n) is 1.47. The molecule has 0 unspecified atom stereocenters. The van der Waals surface area contributed by atoms with Crippen LogP contribution in [0.4, 0.5) is 11.6 Å². The van der Waals surface area contributed by atoms with Gasteiger partial charge in [0.2, 0.25) is 0 Å². The molecular formula is C13H18ClN4O+. The molecule has 6 heteroatoms. The van der Waals surface area contributed by atoms with E-state index in [1.165, 1.54) is 6.38 Å². The molecule has 1 aromatic carbocycles. The van der Waals surface area contributed by atoms with Crippen molar-refractivity contribution in [2.45, 2.75) is 0 Å². The average molecular weight is 282 g/mol. The summed E-state index contributed by atoms with van der Waals surface area (Å²) in [6, 6.07) is 7.45. The number of benzene rings is 1. The number of nitrogens with zero attached hydrogens (tertiary/aromatic N) is 4. The number of ether oxygens (including phenoxy) is 1. The average Bonchev–Trinajstić information content (AvgIpc) is 2.78. The van der Waals surface area contributed by atoms with Gasteiger partial charge < -0.3 is 4.74 Å². The summed E-state index contributed by atoms with van der Waals surface area (Å²) in [6.07, 6.45) is 5.34. The third-order valence-electron chi connectivity index (χ3n) is 2.47. The molecule has 0 saturated carbocycles. The maximum absolute atomic E-state index is 5.08. The van der Waals surface area contributed by atoms with Gasteiger partial charge in [-0.3, -0.25) is 0 Å². The van der Waals surface area contributed by atoms with E-state index in [1.54, 1.807) is 7.11 Å². The number of aromatic nitrogens is 2. The van der Waals surface area contributed by atoms with Crippen LogP contribution in [0.2, 0.25) is 0 Å². The van der Waals surface area contributed by atoms with Gasteiger partial charge in [-0.1, -0.05) is 5.11 Å². The molecule has 0 spiro atoms. The second-order valence-corrected chi connectivity index (χ2v) is 3.72. The van der Waals surface area contributed by atoms with Crippen molar-refractivity contribution in [1.82, 2.24) is 4.57 Å². The molecule has 102 valence electrons. The number of halogens is 1. The summed E-state index contributed by atoms with van der Waals surface area (Å²) >= 11 is 4.64. The normalized spacial score (nSPS) is 10.2. The van der Waals surface area contributed by atoms with E-state index in [0.717, 1.165) is 17.4 Å². The molecule has 1 aromatic heterocycles. The maximum atomic E-state index is 5.08. The Kier molecular flexibility index (Phi) is 6.02. The lowest BCUT2D eigenvalue weighted by Gasteiger charge is -1.96. The fraction of sp³-hybridized carbons (Fsp3) is 0.308. The number of alkyl halides is 1. The number of rotatable bonds is 3. The lowest BCUT2D eigenvalue weighted by atomic mass is 10.3. The molecule has 0 radical (unpaired) electrons.